The van der Waals surface area contributed by atoms with Gasteiger partial charge in [-0.05, 0) is 25.0 Å². The van der Waals surface area contributed by atoms with Crippen molar-refractivity contribution in [2.75, 3.05) is 0 Å². The smallest absolute Gasteiger partial charge is 0.138 e. The van der Waals surface area contributed by atoms with Gasteiger partial charge in [0, 0.05) is 44.5 Å². The first kappa shape index (κ1) is 25.9. The van der Waals surface area contributed by atoms with Gasteiger partial charge in [-0.1, -0.05) is 47.0 Å². The zero-order valence-electron chi connectivity index (χ0n) is 14.8. The van der Waals surface area contributed by atoms with E-state index in [4.69, 9.17) is 0 Å². The van der Waals surface area contributed by atoms with Crippen LogP contribution in [0.15, 0.2) is 12.2 Å². The van der Waals surface area contributed by atoms with Crippen molar-refractivity contribution in [1.82, 2.24) is 0 Å². The Hall–Kier alpha value is -0.0761. The summed E-state index contributed by atoms with van der Waals surface area (Å²) in [5.74, 6) is 0.229. The largest absolute Gasteiger partial charge is 0.339 e. The molecule has 0 heterocycles. The quantitative estimate of drug-likeness (QED) is 0.506. The van der Waals surface area contributed by atoms with E-state index >= 15 is 0 Å². The Morgan fingerprint density at radius 3 is 1.62 bits per heavy atom. The fourth-order valence-corrected chi connectivity index (χ4v) is 1.34. The van der Waals surface area contributed by atoms with E-state index in [1.807, 2.05) is 26.8 Å². The summed E-state index contributed by atoms with van der Waals surface area (Å²) in [4.78, 5) is 21.9. The average molecular weight is 369 g/mol. The third kappa shape index (κ3) is 22.3. The Morgan fingerprint density at radius 2 is 1.38 bits per heavy atom. The van der Waals surface area contributed by atoms with Crippen LogP contribution in [0.1, 0.15) is 67.2 Å². The molecule has 0 aromatic carbocycles. The topological polar surface area (TPSA) is 34.1 Å². The van der Waals surface area contributed by atoms with Gasteiger partial charge < -0.3 is 11.7 Å². The van der Waals surface area contributed by atoms with E-state index in [1.54, 1.807) is 0 Å². The summed E-state index contributed by atoms with van der Waals surface area (Å²) in [6.45, 7) is 19.1. The second kappa shape index (κ2) is 12.5. The third-order valence-corrected chi connectivity index (χ3v) is 2.56. The first-order chi connectivity index (χ1) is 8.90. The Morgan fingerprint density at radius 1 is 0.952 bits per heavy atom. The SMILES string of the molecule is [CH2-]/C=C/C(C)(C)C.[CH2-]C(=O)CCCCC(=O)C(C)(C)C.[Y]. The first-order valence-electron chi connectivity index (χ1n) is 7.25. The van der Waals surface area contributed by atoms with E-state index in [0.29, 0.717) is 18.3 Å². The molecule has 0 aliphatic heterocycles. The average Bonchev–Trinajstić information content (AvgIpc) is 2.21. The van der Waals surface area contributed by atoms with Crippen LogP contribution in [0.3, 0.4) is 0 Å². The van der Waals surface area contributed by atoms with Gasteiger partial charge in [0.15, 0.2) is 0 Å². The van der Waals surface area contributed by atoms with Crippen molar-refractivity contribution in [2.24, 2.45) is 10.8 Å². The van der Waals surface area contributed by atoms with E-state index in [2.05, 4.69) is 40.7 Å². The van der Waals surface area contributed by atoms with Crippen LogP contribution in [0.5, 0.6) is 0 Å². The standard InChI is InChI=1S/C11H19O2.C7H13.Y/c1-9(12)7-5-6-8-10(13)11(2,3)4;1-5-6-7(2,3)4;/h1,5-8H2,2-4H3;5-6H,1H2,2-4H3;/q2*-1;/b;6-5+;. The predicted octanol–water partition coefficient (Wildman–Crippen LogP) is 4.99. The third-order valence-electron chi connectivity index (χ3n) is 2.56. The molecule has 1 radical (unpaired) electrons. The summed E-state index contributed by atoms with van der Waals surface area (Å²) >= 11 is 0. The minimum Gasteiger partial charge on any atom is -0.339 e. The van der Waals surface area contributed by atoms with Crippen LogP contribution in [0.2, 0.25) is 0 Å². The van der Waals surface area contributed by atoms with Crippen molar-refractivity contribution >= 4 is 11.6 Å². The van der Waals surface area contributed by atoms with Gasteiger partial charge in [0.1, 0.15) is 5.78 Å². The number of unbranched alkanes of at least 4 members (excludes halogenated alkanes) is 1. The summed E-state index contributed by atoms with van der Waals surface area (Å²) < 4.78 is 0. The molecule has 0 fully saturated rings. The van der Waals surface area contributed by atoms with Gasteiger partial charge in [-0.25, -0.2) is 19.1 Å². The second-order valence-corrected chi connectivity index (χ2v) is 7.19. The van der Waals surface area contributed by atoms with Crippen molar-refractivity contribution in [3.63, 3.8) is 0 Å². The van der Waals surface area contributed by atoms with Gasteiger partial charge in [-0.15, -0.1) is 0 Å². The number of carbonyl (C=O) groups excluding carboxylic acids is 2. The summed E-state index contributed by atoms with van der Waals surface area (Å²) in [7, 11) is 0. The minimum absolute atomic E-state index is 0. The Kier molecular flexibility index (Phi) is 15.3. The van der Waals surface area contributed by atoms with Crippen LogP contribution >= 0.6 is 0 Å². The van der Waals surface area contributed by atoms with Crippen LogP contribution in [-0.2, 0) is 42.3 Å². The Balaban J connectivity index is -0.000000347. The summed E-state index contributed by atoms with van der Waals surface area (Å²) in [5.41, 5.74) is 0.0657. The van der Waals surface area contributed by atoms with Crippen molar-refractivity contribution < 1.29 is 42.3 Å². The number of rotatable bonds is 5. The van der Waals surface area contributed by atoms with E-state index in [-0.39, 0.29) is 49.7 Å². The minimum atomic E-state index is -0.242. The maximum Gasteiger partial charge on any atom is 0.138 e. The summed E-state index contributed by atoms with van der Waals surface area (Å²) in [6.07, 6.45) is 6.57. The molecule has 0 bridgehead atoms. The zero-order valence-corrected chi connectivity index (χ0v) is 17.6. The number of Topliss-reactive ketones (excluding diaryl/α,β-unsaturated/α-hetero) is 2. The van der Waals surface area contributed by atoms with Crippen LogP contribution in [0, 0.1) is 24.7 Å². The molecule has 0 saturated heterocycles. The van der Waals surface area contributed by atoms with Gasteiger partial charge in [-0.3, -0.25) is 4.79 Å². The molecular weight excluding hydrogens is 337 g/mol. The van der Waals surface area contributed by atoms with E-state index in [0.717, 1.165) is 12.8 Å². The van der Waals surface area contributed by atoms with E-state index in [1.165, 1.54) is 0 Å². The van der Waals surface area contributed by atoms with Crippen LogP contribution in [0.4, 0.5) is 0 Å². The molecular formula is C18H32O2Y-2. The Bertz CT molecular complexity index is 317. The number of ketones is 2. The maximum atomic E-state index is 11.4. The summed E-state index contributed by atoms with van der Waals surface area (Å²) in [5, 5.41) is 0. The number of allylic oxidation sites excluding steroid dienone is 2. The molecule has 0 unspecified atom stereocenters. The molecule has 0 aliphatic rings. The van der Waals surface area contributed by atoms with Crippen molar-refractivity contribution in [2.45, 2.75) is 67.2 Å². The molecule has 2 nitrogen and oxygen atoms in total. The van der Waals surface area contributed by atoms with Crippen molar-refractivity contribution in [3.8, 4) is 0 Å². The molecule has 0 spiro atoms. The van der Waals surface area contributed by atoms with Crippen molar-refractivity contribution in [3.05, 3.63) is 26.0 Å². The molecule has 0 aromatic rings. The molecule has 0 rings (SSSR count). The molecule has 0 saturated carbocycles. The van der Waals surface area contributed by atoms with Gasteiger partial charge in [0.2, 0.25) is 0 Å². The maximum absolute atomic E-state index is 11.4. The Labute approximate surface area is 157 Å². The zero-order chi connectivity index (χ0) is 16.4. The number of carbonyl (C=O) groups is 2. The second-order valence-electron chi connectivity index (χ2n) is 7.19. The fraction of sp³-hybridized carbons (Fsp3) is 0.667. The molecule has 0 aromatic heterocycles. The molecule has 21 heavy (non-hydrogen) atoms. The van der Waals surface area contributed by atoms with Gasteiger partial charge in [0.05, 0.1) is 0 Å². The number of hydrogen-bond donors (Lipinski definition) is 0. The summed E-state index contributed by atoms with van der Waals surface area (Å²) in [6, 6.07) is 0. The molecule has 3 heteroatoms. The monoisotopic (exact) mass is 369 g/mol. The molecule has 0 N–H and O–H groups in total. The van der Waals surface area contributed by atoms with E-state index in [9.17, 15) is 9.59 Å². The first-order valence-corrected chi connectivity index (χ1v) is 7.25. The molecule has 121 valence electrons. The normalized spacial score (nSPS) is 11.3. The van der Waals surface area contributed by atoms with Crippen LogP contribution in [0.25, 0.3) is 0 Å². The van der Waals surface area contributed by atoms with Crippen molar-refractivity contribution in [1.29, 1.82) is 0 Å². The van der Waals surface area contributed by atoms with Gasteiger partial charge in [-0.2, -0.15) is 0 Å². The molecule has 0 amide bonds. The molecule has 0 aliphatic carbocycles. The van der Waals surface area contributed by atoms with E-state index < -0.39 is 0 Å². The molecule has 0 atom stereocenters. The number of hydrogen-bond acceptors (Lipinski definition) is 2. The van der Waals surface area contributed by atoms with Crippen LogP contribution < -0.4 is 0 Å². The predicted molar refractivity (Wildman–Crippen MR) is 87.2 cm³/mol. The fourth-order valence-electron chi connectivity index (χ4n) is 1.34. The van der Waals surface area contributed by atoms with Gasteiger partial charge in [0.25, 0.3) is 0 Å². The van der Waals surface area contributed by atoms with Gasteiger partial charge >= 0.3 is 0 Å². The van der Waals surface area contributed by atoms with Crippen LogP contribution in [-0.4, -0.2) is 11.6 Å².